The molecule has 0 aromatic heterocycles. The molecule has 2 amide bonds. The van der Waals surface area contributed by atoms with Crippen molar-refractivity contribution in [3.8, 4) is 0 Å². The maximum atomic E-state index is 14.7. The van der Waals surface area contributed by atoms with Crippen molar-refractivity contribution in [2.24, 2.45) is 0 Å². The van der Waals surface area contributed by atoms with Gasteiger partial charge in [-0.15, -0.1) is 0 Å². The molecule has 1 heterocycles. The normalized spacial score (nSPS) is 20.1. The Morgan fingerprint density at radius 2 is 2.00 bits per heavy atom. The second-order valence-corrected chi connectivity index (χ2v) is 8.29. The Morgan fingerprint density at radius 1 is 1.32 bits per heavy atom. The molecule has 3 atom stereocenters. The minimum Gasteiger partial charge on any atom is -0.389 e. The van der Waals surface area contributed by atoms with Crippen molar-refractivity contribution in [2.45, 2.75) is 52.1 Å². The van der Waals surface area contributed by atoms with Crippen LogP contribution in [-0.4, -0.2) is 87.0 Å². The van der Waals surface area contributed by atoms with Crippen LogP contribution < -0.4 is 10.2 Å². The highest BCUT2D eigenvalue weighted by Gasteiger charge is 2.24. The number of nitrogens with zero attached hydrogens (tertiary/aromatic N) is 2. The SMILES string of the molecule is CC(C)OCCOC[C@H](O)CN(C)C(=O)Nc1ccc(N2C[C@@H](C)O[C@@H](C)C2)c(F)c1. The van der Waals surface area contributed by atoms with Gasteiger partial charge in [-0.2, -0.15) is 0 Å². The molecule has 0 aliphatic carbocycles. The zero-order chi connectivity index (χ0) is 23.0. The molecule has 0 bridgehead atoms. The first-order valence-corrected chi connectivity index (χ1v) is 10.7. The Bertz CT molecular complexity index is 696. The highest BCUT2D eigenvalue weighted by Crippen LogP contribution is 2.26. The van der Waals surface area contributed by atoms with Gasteiger partial charge in [0.2, 0.25) is 0 Å². The Morgan fingerprint density at radius 3 is 2.61 bits per heavy atom. The number of anilines is 2. The van der Waals surface area contributed by atoms with Crippen molar-refractivity contribution in [1.82, 2.24) is 4.90 Å². The van der Waals surface area contributed by atoms with Crippen molar-refractivity contribution in [2.75, 3.05) is 56.7 Å². The van der Waals surface area contributed by atoms with Crippen molar-refractivity contribution < 1.29 is 28.5 Å². The van der Waals surface area contributed by atoms with Gasteiger partial charge in [-0.3, -0.25) is 0 Å². The molecule has 0 radical (unpaired) electrons. The number of amides is 2. The lowest BCUT2D eigenvalue weighted by atomic mass is 10.2. The molecule has 0 spiro atoms. The van der Waals surface area contributed by atoms with Crippen LogP contribution in [0.15, 0.2) is 18.2 Å². The molecule has 8 nitrogen and oxygen atoms in total. The van der Waals surface area contributed by atoms with E-state index >= 15 is 0 Å². The first kappa shape index (κ1) is 25.3. The number of morpholine rings is 1. The maximum Gasteiger partial charge on any atom is 0.321 e. The number of ether oxygens (including phenoxy) is 3. The van der Waals surface area contributed by atoms with E-state index in [0.717, 1.165) is 0 Å². The summed E-state index contributed by atoms with van der Waals surface area (Å²) in [4.78, 5) is 15.7. The lowest BCUT2D eigenvalue weighted by molar-refractivity contribution is -0.0144. The largest absolute Gasteiger partial charge is 0.389 e. The predicted octanol–water partition coefficient (Wildman–Crippen LogP) is 2.71. The quantitative estimate of drug-likeness (QED) is 0.543. The molecule has 1 aromatic carbocycles. The third kappa shape index (κ3) is 8.60. The lowest BCUT2D eigenvalue weighted by Crippen LogP contribution is -2.45. The molecule has 1 saturated heterocycles. The summed E-state index contributed by atoms with van der Waals surface area (Å²) in [5.41, 5.74) is 0.839. The van der Waals surface area contributed by atoms with Crippen molar-refractivity contribution in [3.63, 3.8) is 0 Å². The van der Waals surface area contributed by atoms with Crippen LogP contribution in [0.3, 0.4) is 0 Å². The van der Waals surface area contributed by atoms with Crippen LogP contribution in [0.2, 0.25) is 0 Å². The van der Waals surface area contributed by atoms with Gasteiger partial charge in [0, 0.05) is 25.8 Å². The van der Waals surface area contributed by atoms with E-state index in [1.54, 1.807) is 19.2 Å². The molecule has 31 heavy (non-hydrogen) atoms. The first-order valence-electron chi connectivity index (χ1n) is 10.7. The summed E-state index contributed by atoms with van der Waals surface area (Å²) in [5.74, 6) is -0.404. The third-order valence-corrected chi connectivity index (χ3v) is 4.78. The highest BCUT2D eigenvalue weighted by atomic mass is 19.1. The fourth-order valence-electron chi connectivity index (χ4n) is 3.45. The highest BCUT2D eigenvalue weighted by molar-refractivity contribution is 5.89. The number of hydrogen-bond acceptors (Lipinski definition) is 6. The van der Waals surface area contributed by atoms with E-state index in [9.17, 15) is 14.3 Å². The molecule has 0 saturated carbocycles. The number of nitrogens with one attached hydrogen (secondary N) is 1. The molecule has 176 valence electrons. The van der Waals surface area contributed by atoms with Gasteiger partial charge in [-0.25, -0.2) is 9.18 Å². The summed E-state index contributed by atoms with van der Waals surface area (Å²) in [7, 11) is 1.56. The minimum absolute atomic E-state index is 0.0225. The van der Waals surface area contributed by atoms with Gasteiger partial charge >= 0.3 is 6.03 Å². The van der Waals surface area contributed by atoms with Gasteiger partial charge in [-0.05, 0) is 45.9 Å². The summed E-state index contributed by atoms with van der Waals surface area (Å²) in [6, 6.07) is 4.20. The molecule has 1 fully saturated rings. The second kappa shape index (κ2) is 12.2. The Hall–Kier alpha value is -1.94. The molecule has 0 unspecified atom stereocenters. The average Bonchev–Trinajstić information content (AvgIpc) is 2.66. The van der Waals surface area contributed by atoms with Crippen molar-refractivity contribution >= 4 is 17.4 Å². The van der Waals surface area contributed by atoms with Gasteiger partial charge in [0.25, 0.3) is 0 Å². The maximum absolute atomic E-state index is 14.7. The molecule has 2 rings (SSSR count). The monoisotopic (exact) mass is 441 g/mol. The average molecular weight is 442 g/mol. The van der Waals surface area contributed by atoms with Crippen LogP contribution in [0, 0.1) is 5.82 Å². The van der Waals surface area contributed by atoms with Crippen LogP contribution >= 0.6 is 0 Å². The van der Waals surface area contributed by atoms with Crippen LogP contribution in [0.4, 0.5) is 20.6 Å². The number of carbonyl (C=O) groups is 1. The number of benzene rings is 1. The van der Waals surface area contributed by atoms with Crippen molar-refractivity contribution in [3.05, 3.63) is 24.0 Å². The van der Waals surface area contributed by atoms with E-state index in [2.05, 4.69) is 5.32 Å². The number of halogens is 1. The fraction of sp³-hybridized carbons (Fsp3) is 0.682. The lowest BCUT2D eigenvalue weighted by Gasteiger charge is -2.37. The number of carbonyl (C=O) groups excluding carboxylic acids is 1. The third-order valence-electron chi connectivity index (χ3n) is 4.78. The van der Waals surface area contributed by atoms with Gasteiger partial charge in [-0.1, -0.05) is 0 Å². The summed E-state index contributed by atoms with van der Waals surface area (Å²) in [6.07, 6.45) is -0.661. The summed E-state index contributed by atoms with van der Waals surface area (Å²) in [5, 5.41) is 12.7. The Kier molecular flexibility index (Phi) is 9.95. The summed E-state index contributed by atoms with van der Waals surface area (Å²) >= 11 is 0. The summed E-state index contributed by atoms with van der Waals surface area (Å²) in [6.45, 7) is 10.0. The molecule has 2 N–H and O–H groups in total. The topological polar surface area (TPSA) is 83.5 Å². The van der Waals surface area contributed by atoms with Gasteiger partial charge in [0.05, 0.1) is 56.5 Å². The standard InChI is InChI=1S/C22H36FN3O5/c1-15(2)30-9-8-29-14-19(27)13-25(5)22(28)24-18-6-7-21(20(23)10-18)26-11-16(3)31-17(4)12-26/h6-7,10,15-17,19,27H,8-9,11-14H2,1-5H3,(H,24,28)/t16-,17+,19-/m1/s1. The van der Waals surface area contributed by atoms with E-state index < -0.39 is 18.0 Å². The molecular weight excluding hydrogens is 405 g/mol. The number of hydrogen-bond donors (Lipinski definition) is 2. The van der Waals surface area contributed by atoms with E-state index in [0.29, 0.717) is 37.7 Å². The number of urea groups is 1. The number of aliphatic hydroxyl groups is 1. The smallest absolute Gasteiger partial charge is 0.321 e. The molecule has 9 heteroatoms. The molecular formula is C22H36FN3O5. The van der Waals surface area contributed by atoms with E-state index in [-0.39, 0.29) is 31.5 Å². The van der Waals surface area contributed by atoms with Crippen LogP contribution in [0.25, 0.3) is 0 Å². The molecule has 1 aliphatic rings. The van der Waals surface area contributed by atoms with E-state index in [1.807, 2.05) is 32.6 Å². The number of likely N-dealkylation sites (N-methyl/N-ethyl adjacent to an activating group) is 1. The van der Waals surface area contributed by atoms with Gasteiger partial charge in [0.1, 0.15) is 5.82 Å². The zero-order valence-corrected chi connectivity index (χ0v) is 19.1. The van der Waals surface area contributed by atoms with Crippen LogP contribution in [-0.2, 0) is 14.2 Å². The fourth-order valence-corrected chi connectivity index (χ4v) is 3.45. The number of rotatable bonds is 10. The molecule has 1 aliphatic heterocycles. The van der Waals surface area contributed by atoms with Gasteiger partial charge in [0.15, 0.2) is 0 Å². The van der Waals surface area contributed by atoms with E-state index in [1.165, 1.54) is 11.0 Å². The minimum atomic E-state index is -0.834. The van der Waals surface area contributed by atoms with Gasteiger partial charge < -0.3 is 34.4 Å². The predicted molar refractivity (Wildman–Crippen MR) is 118 cm³/mol. The van der Waals surface area contributed by atoms with Crippen LogP contribution in [0.5, 0.6) is 0 Å². The molecule has 1 aromatic rings. The Labute approximate surface area is 184 Å². The summed E-state index contributed by atoms with van der Waals surface area (Å²) < 4.78 is 31.1. The van der Waals surface area contributed by atoms with Crippen molar-refractivity contribution in [1.29, 1.82) is 0 Å². The Balaban J connectivity index is 1.81. The van der Waals surface area contributed by atoms with Crippen LogP contribution in [0.1, 0.15) is 27.7 Å². The first-order chi connectivity index (χ1) is 14.7. The number of aliphatic hydroxyl groups excluding tert-OH is 1. The zero-order valence-electron chi connectivity index (χ0n) is 19.1. The second-order valence-electron chi connectivity index (χ2n) is 8.29. The van der Waals surface area contributed by atoms with E-state index in [4.69, 9.17) is 14.2 Å².